The van der Waals surface area contributed by atoms with Gasteiger partial charge in [0.2, 0.25) is 0 Å². The van der Waals surface area contributed by atoms with E-state index in [1.807, 2.05) is 19.1 Å². The molecule has 0 amide bonds. The second-order valence-corrected chi connectivity index (χ2v) is 7.14. The van der Waals surface area contributed by atoms with Gasteiger partial charge in [0.15, 0.2) is 5.11 Å². The highest BCUT2D eigenvalue weighted by Crippen LogP contribution is 2.29. The van der Waals surface area contributed by atoms with Gasteiger partial charge in [-0.25, -0.2) is 0 Å². The average Bonchev–Trinajstić information content (AvgIpc) is 3.03. The molecule has 0 aliphatic heterocycles. The van der Waals surface area contributed by atoms with Crippen LogP contribution in [-0.4, -0.2) is 31.1 Å². The predicted molar refractivity (Wildman–Crippen MR) is 105 cm³/mol. The Morgan fingerprint density at radius 1 is 1.26 bits per heavy atom. The van der Waals surface area contributed by atoms with Crippen molar-refractivity contribution in [3.63, 3.8) is 0 Å². The Balaban J connectivity index is 1.97. The standard InChI is InChI=1S/C16H18BrN3OS2/c1-11(19-20-16(22)18-9-10-21-2)14-7-8-15(23-14)12-3-5-13(17)6-4-12/h3-8H,9-10H2,1-2H3,(H2,18,20,22)/b19-11-. The number of rotatable bonds is 6. The summed E-state index contributed by atoms with van der Waals surface area (Å²) >= 11 is 10.3. The summed E-state index contributed by atoms with van der Waals surface area (Å²) in [6, 6.07) is 12.5. The maximum absolute atomic E-state index is 5.14. The maximum Gasteiger partial charge on any atom is 0.187 e. The molecule has 0 atom stereocenters. The minimum Gasteiger partial charge on any atom is -0.383 e. The minimum atomic E-state index is 0.492. The Hall–Kier alpha value is -1.28. The topological polar surface area (TPSA) is 45.6 Å². The van der Waals surface area contributed by atoms with Crippen LogP contribution in [0.1, 0.15) is 11.8 Å². The highest BCUT2D eigenvalue weighted by molar-refractivity contribution is 9.10. The van der Waals surface area contributed by atoms with E-state index in [2.05, 4.69) is 56.0 Å². The molecule has 0 unspecified atom stereocenters. The van der Waals surface area contributed by atoms with Crippen molar-refractivity contribution in [3.8, 4) is 10.4 Å². The Morgan fingerprint density at radius 3 is 2.70 bits per heavy atom. The number of hydrogen-bond donors (Lipinski definition) is 2. The van der Waals surface area contributed by atoms with Gasteiger partial charge in [-0.1, -0.05) is 28.1 Å². The first kappa shape index (κ1) is 18.1. The molecule has 0 saturated carbocycles. The summed E-state index contributed by atoms with van der Waals surface area (Å²) in [5, 5.41) is 7.82. The number of nitrogens with zero attached hydrogens (tertiary/aromatic N) is 1. The lowest BCUT2D eigenvalue weighted by molar-refractivity contribution is 0.204. The largest absolute Gasteiger partial charge is 0.383 e. The second kappa shape index (κ2) is 9.12. The van der Waals surface area contributed by atoms with Crippen LogP contribution in [0.3, 0.4) is 0 Å². The molecule has 1 aromatic carbocycles. The predicted octanol–water partition coefficient (Wildman–Crippen LogP) is 4.01. The number of ether oxygens (including phenoxy) is 1. The van der Waals surface area contributed by atoms with Crippen LogP contribution < -0.4 is 10.7 Å². The maximum atomic E-state index is 5.14. The lowest BCUT2D eigenvalue weighted by Crippen LogP contribution is -2.34. The van der Waals surface area contributed by atoms with E-state index in [4.69, 9.17) is 17.0 Å². The van der Waals surface area contributed by atoms with Crippen molar-refractivity contribution in [3.05, 3.63) is 45.7 Å². The van der Waals surface area contributed by atoms with E-state index >= 15 is 0 Å². The third kappa shape index (κ3) is 5.69. The smallest absolute Gasteiger partial charge is 0.187 e. The molecule has 7 heteroatoms. The summed E-state index contributed by atoms with van der Waals surface area (Å²) in [5.74, 6) is 0. The Labute approximate surface area is 154 Å². The first-order valence-corrected chi connectivity index (χ1v) is 9.05. The molecule has 1 aromatic heterocycles. The number of benzene rings is 1. The highest BCUT2D eigenvalue weighted by Gasteiger charge is 2.05. The van der Waals surface area contributed by atoms with Crippen LogP contribution in [0.5, 0.6) is 0 Å². The third-order valence-corrected chi connectivity index (χ3v) is 5.02. The van der Waals surface area contributed by atoms with E-state index in [-0.39, 0.29) is 0 Å². The molecule has 0 spiro atoms. The summed E-state index contributed by atoms with van der Waals surface area (Å²) in [5.41, 5.74) is 4.94. The van der Waals surface area contributed by atoms with Crippen LogP contribution in [0.15, 0.2) is 46.0 Å². The second-order valence-electron chi connectivity index (χ2n) is 4.73. The normalized spacial score (nSPS) is 11.3. The van der Waals surface area contributed by atoms with Gasteiger partial charge in [-0.05, 0) is 49.0 Å². The molecule has 2 rings (SSSR count). The summed E-state index contributed by atoms with van der Waals surface area (Å²) in [4.78, 5) is 2.32. The number of thiophene rings is 1. The summed E-state index contributed by atoms with van der Waals surface area (Å²) < 4.78 is 6.03. The summed E-state index contributed by atoms with van der Waals surface area (Å²) in [7, 11) is 1.65. The van der Waals surface area contributed by atoms with Gasteiger partial charge in [-0.2, -0.15) is 5.10 Å². The Bertz CT molecular complexity index is 683. The average molecular weight is 412 g/mol. The van der Waals surface area contributed by atoms with Crippen molar-refractivity contribution >= 4 is 50.3 Å². The van der Waals surface area contributed by atoms with Crippen molar-refractivity contribution in [2.24, 2.45) is 5.10 Å². The number of thiocarbonyl (C=S) groups is 1. The third-order valence-electron chi connectivity index (χ3n) is 3.01. The van der Waals surface area contributed by atoms with Crippen LogP contribution in [0.25, 0.3) is 10.4 Å². The zero-order chi connectivity index (χ0) is 16.7. The summed E-state index contributed by atoms with van der Waals surface area (Å²) in [6.45, 7) is 3.22. The molecule has 0 bridgehead atoms. The van der Waals surface area contributed by atoms with E-state index in [0.717, 1.165) is 15.1 Å². The molecule has 122 valence electrons. The molecule has 0 saturated heterocycles. The van der Waals surface area contributed by atoms with Crippen molar-refractivity contribution < 1.29 is 4.74 Å². The lowest BCUT2D eigenvalue weighted by Gasteiger charge is -2.06. The fourth-order valence-corrected chi connectivity index (χ4v) is 3.17. The van der Waals surface area contributed by atoms with Crippen molar-refractivity contribution in [2.75, 3.05) is 20.3 Å². The van der Waals surface area contributed by atoms with E-state index in [9.17, 15) is 0 Å². The van der Waals surface area contributed by atoms with Gasteiger partial charge < -0.3 is 10.1 Å². The van der Waals surface area contributed by atoms with Crippen molar-refractivity contribution in [1.29, 1.82) is 0 Å². The highest BCUT2D eigenvalue weighted by atomic mass is 79.9. The van der Waals surface area contributed by atoms with Gasteiger partial charge >= 0.3 is 0 Å². The number of methoxy groups -OCH3 is 1. The molecule has 4 nitrogen and oxygen atoms in total. The van der Waals surface area contributed by atoms with E-state index < -0.39 is 0 Å². The Morgan fingerprint density at radius 2 is 2.00 bits per heavy atom. The summed E-state index contributed by atoms with van der Waals surface area (Å²) in [6.07, 6.45) is 0. The lowest BCUT2D eigenvalue weighted by atomic mass is 10.2. The van der Waals surface area contributed by atoms with Gasteiger partial charge in [0.05, 0.1) is 17.2 Å². The van der Waals surface area contributed by atoms with Crippen LogP contribution in [0, 0.1) is 0 Å². The number of halogens is 1. The van der Waals surface area contributed by atoms with Crippen LogP contribution in [0.4, 0.5) is 0 Å². The molecule has 23 heavy (non-hydrogen) atoms. The van der Waals surface area contributed by atoms with Gasteiger partial charge in [0.25, 0.3) is 0 Å². The monoisotopic (exact) mass is 411 g/mol. The van der Waals surface area contributed by atoms with Crippen molar-refractivity contribution in [1.82, 2.24) is 10.7 Å². The first-order chi connectivity index (χ1) is 11.1. The fourth-order valence-electron chi connectivity index (χ4n) is 1.80. The van der Waals surface area contributed by atoms with Gasteiger partial charge in [0.1, 0.15) is 0 Å². The molecule has 0 fully saturated rings. The number of nitrogens with one attached hydrogen (secondary N) is 2. The van der Waals surface area contributed by atoms with Crippen LogP contribution in [-0.2, 0) is 4.74 Å². The molecule has 2 aromatic rings. The minimum absolute atomic E-state index is 0.492. The zero-order valence-electron chi connectivity index (χ0n) is 12.9. The molecular formula is C16H18BrN3OS2. The van der Waals surface area contributed by atoms with Crippen LogP contribution >= 0.6 is 39.5 Å². The first-order valence-electron chi connectivity index (χ1n) is 7.03. The number of hydrogen-bond acceptors (Lipinski definition) is 4. The van der Waals surface area contributed by atoms with Gasteiger partial charge in [-0.3, -0.25) is 5.43 Å². The Kier molecular flexibility index (Phi) is 7.16. The van der Waals surface area contributed by atoms with Crippen molar-refractivity contribution in [2.45, 2.75) is 6.92 Å². The van der Waals surface area contributed by atoms with Gasteiger partial charge in [-0.15, -0.1) is 11.3 Å². The molecule has 1 heterocycles. The van der Waals surface area contributed by atoms with E-state index in [0.29, 0.717) is 18.3 Å². The SMILES string of the molecule is COCCNC(=S)N/N=C(/C)c1ccc(-c2ccc(Br)cc2)s1. The quantitative estimate of drug-likeness (QED) is 0.326. The molecule has 2 N–H and O–H groups in total. The molecule has 0 radical (unpaired) electrons. The van der Waals surface area contributed by atoms with Gasteiger partial charge in [0, 0.05) is 23.0 Å². The zero-order valence-corrected chi connectivity index (χ0v) is 16.1. The molecule has 0 aliphatic rings. The number of hydrazone groups is 1. The molecular weight excluding hydrogens is 394 g/mol. The van der Waals surface area contributed by atoms with E-state index in [1.54, 1.807) is 18.4 Å². The molecule has 0 aliphatic carbocycles. The van der Waals surface area contributed by atoms with Crippen LogP contribution in [0.2, 0.25) is 0 Å². The fraction of sp³-hybridized carbons (Fsp3) is 0.250. The van der Waals surface area contributed by atoms with E-state index in [1.165, 1.54) is 10.4 Å².